The number of benzene rings is 1. The second-order valence-electron chi connectivity index (χ2n) is 6.96. The van der Waals surface area contributed by atoms with Gasteiger partial charge >= 0.3 is 0 Å². The molecule has 1 aliphatic heterocycles. The van der Waals surface area contributed by atoms with Crippen molar-refractivity contribution in [3.05, 3.63) is 53.6 Å². The van der Waals surface area contributed by atoms with Crippen LogP contribution in [0.1, 0.15) is 42.4 Å². The van der Waals surface area contributed by atoms with Crippen molar-refractivity contribution in [2.75, 3.05) is 13.1 Å². The summed E-state index contributed by atoms with van der Waals surface area (Å²) >= 11 is 0. The smallest absolute Gasteiger partial charge is 0.233 e. The summed E-state index contributed by atoms with van der Waals surface area (Å²) in [6, 6.07) is 10.7. The highest BCUT2D eigenvalue weighted by atomic mass is 16.2. The number of likely N-dealkylation sites (tertiary alicyclic amines) is 1. The van der Waals surface area contributed by atoms with Gasteiger partial charge in [0, 0.05) is 25.0 Å². The number of amides is 1. The average molecular weight is 309 g/mol. The molecule has 1 amide bonds. The zero-order valence-electron chi connectivity index (χ0n) is 13.8. The molecule has 2 fully saturated rings. The van der Waals surface area contributed by atoms with Crippen LogP contribution >= 0.6 is 0 Å². The van der Waals surface area contributed by atoms with Crippen LogP contribution in [0.25, 0.3) is 0 Å². The molecule has 1 unspecified atom stereocenters. The van der Waals surface area contributed by atoms with Crippen molar-refractivity contribution >= 4 is 5.91 Å². The third-order valence-electron chi connectivity index (χ3n) is 5.47. The predicted octanol–water partition coefficient (Wildman–Crippen LogP) is 3.01. The van der Waals surface area contributed by atoms with Crippen molar-refractivity contribution in [2.24, 2.45) is 0 Å². The Morgan fingerprint density at radius 1 is 1.22 bits per heavy atom. The molecule has 1 aromatic carbocycles. The maximum Gasteiger partial charge on any atom is 0.233 e. The van der Waals surface area contributed by atoms with Gasteiger partial charge in [-0.25, -0.2) is 4.98 Å². The lowest BCUT2D eigenvalue weighted by Crippen LogP contribution is -2.38. The van der Waals surface area contributed by atoms with Crippen LogP contribution in [0.5, 0.6) is 0 Å². The summed E-state index contributed by atoms with van der Waals surface area (Å²) < 4.78 is 2.29. The number of imidazole rings is 1. The molecule has 1 aliphatic carbocycles. The number of aromatic nitrogens is 2. The molecule has 4 rings (SSSR count). The molecular weight excluding hydrogens is 286 g/mol. The standard InChI is InChI=1S/C19H23N3O/c1-14-12-20-15(2)22(14)17-8-11-21(13-17)18(23)19(9-10-19)16-6-4-3-5-7-16/h3-7,12,17H,8-11,13H2,1-2H3. The second-order valence-corrected chi connectivity index (χ2v) is 6.96. The quantitative estimate of drug-likeness (QED) is 0.874. The van der Waals surface area contributed by atoms with Crippen LogP contribution in [0.4, 0.5) is 0 Å². The largest absolute Gasteiger partial charge is 0.340 e. The van der Waals surface area contributed by atoms with Crippen molar-refractivity contribution in [3.63, 3.8) is 0 Å². The van der Waals surface area contributed by atoms with Crippen LogP contribution < -0.4 is 0 Å². The lowest BCUT2D eigenvalue weighted by molar-refractivity contribution is -0.133. The molecule has 0 bridgehead atoms. The van der Waals surface area contributed by atoms with E-state index in [1.807, 2.05) is 31.3 Å². The first-order valence-corrected chi connectivity index (χ1v) is 8.47. The van der Waals surface area contributed by atoms with Gasteiger partial charge in [-0.2, -0.15) is 0 Å². The Morgan fingerprint density at radius 3 is 2.57 bits per heavy atom. The summed E-state index contributed by atoms with van der Waals surface area (Å²) in [4.78, 5) is 19.6. The van der Waals surface area contributed by atoms with Crippen molar-refractivity contribution in [2.45, 2.75) is 44.6 Å². The molecular formula is C19H23N3O. The maximum atomic E-state index is 13.1. The molecule has 1 atom stereocenters. The molecule has 2 aliphatic rings. The summed E-state index contributed by atoms with van der Waals surface area (Å²) in [5.74, 6) is 1.37. The van der Waals surface area contributed by atoms with Gasteiger partial charge < -0.3 is 9.47 Å². The molecule has 2 aromatic rings. The molecule has 2 heterocycles. The highest BCUT2D eigenvalue weighted by molar-refractivity contribution is 5.91. The minimum Gasteiger partial charge on any atom is -0.340 e. The zero-order chi connectivity index (χ0) is 16.0. The average Bonchev–Trinajstić information content (AvgIpc) is 3.13. The van der Waals surface area contributed by atoms with E-state index in [0.717, 1.165) is 38.2 Å². The number of aryl methyl sites for hydroxylation is 2. The summed E-state index contributed by atoms with van der Waals surface area (Å²) in [5, 5.41) is 0. The maximum absolute atomic E-state index is 13.1. The molecule has 120 valence electrons. The van der Waals surface area contributed by atoms with E-state index in [4.69, 9.17) is 0 Å². The molecule has 1 saturated heterocycles. The lowest BCUT2D eigenvalue weighted by atomic mass is 9.94. The van der Waals surface area contributed by atoms with Gasteiger partial charge in [0.15, 0.2) is 0 Å². The zero-order valence-corrected chi connectivity index (χ0v) is 13.8. The number of nitrogens with zero attached hydrogens (tertiary/aromatic N) is 3. The van der Waals surface area contributed by atoms with Crippen LogP contribution in [-0.2, 0) is 10.2 Å². The van der Waals surface area contributed by atoms with Crippen LogP contribution in [0.3, 0.4) is 0 Å². The normalized spacial score (nSPS) is 22.3. The van der Waals surface area contributed by atoms with E-state index in [2.05, 4.69) is 33.5 Å². The lowest BCUT2D eigenvalue weighted by Gasteiger charge is -2.24. The van der Waals surface area contributed by atoms with E-state index in [9.17, 15) is 4.79 Å². The Hall–Kier alpha value is -2.10. The number of carbonyl (C=O) groups excluding carboxylic acids is 1. The molecule has 23 heavy (non-hydrogen) atoms. The van der Waals surface area contributed by atoms with Crippen LogP contribution in [0.15, 0.2) is 36.5 Å². The summed E-state index contributed by atoms with van der Waals surface area (Å²) in [6.07, 6.45) is 4.92. The van der Waals surface area contributed by atoms with E-state index in [1.165, 1.54) is 11.3 Å². The van der Waals surface area contributed by atoms with Gasteiger partial charge in [-0.1, -0.05) is 30.3 Å². The Morgan fingerprint density at radius 2 is 1.96 bits per heavy atom. The molecule has 0 N–H and O–H groups in total. The van der Waals surface area contributed by atoms with Gasteiger partial charge in [-0.15, -0.1) is 0 Å². The highest BCUT2D eigenvalue weighted by Gasteiger charge is 2.53. The SMILES string of the molecule is Cc1cnc(C)n1C1CCN(C(=O)C2(c3ccccc3)CC2)C1. The van der Waals surface area contributed by atoms with E-state index < -0.39 is 0 Å². The van der Waals surface area contributed by atoms with E-state index in [0.29, 0.717) is 11.9 Å². The summed E-state index contributed by atoms with van der Waals surface area (Å²) in [5.41, 5.74) is 2.13. The Kier molecular flexibility index (Phi) is 3.29. The first-order valence-electron chi connectivity index (χ1n) is 8.47. The van der Waals surface area contributed by atoms with Crippen molar-refractivity contribution < 1.29 is 4.79 Å². The van der Waals surface area contributed by atoms with Crippen molar-refractivity contribution in [3.8, 4) is 0 Å². The molecule has 4 heteroatoms. The molecule has 0 radical (unpaired) electrons. The van der Waals surface area contributed by atoms with Crippen LogP contribution in [0, 0.1) is 13.8 Å². The molecule has 4 nitrogen and oxygen atoms in total. The second kappa shape index (κ2) is 5.22. The topological polar surface area (TPSA) is 38.1 Å². The van der Waals surface area contributed by atoms with Gasteiger partial charge in [0.2, 0.25) is 5.91 Å². The van der Waals surface area contributed by atoms with Gasteiger partial charge in [0.1, 0.15) is 5.82 Å². The fraction of sp³-hybridized carbons (Fsp3) is 0.474. The first-order chi connectivity index (χ1) is 11.1. The fourth-order valence-corrected chi connectivity index (χ4v) is 4.07. The number of rotatable bonds is 3. The first kappa shape index (κ1) is 14.5. The van der Waals surface area contributed by atoms with Gasteiger partial charge in [-0.05, 0) is 38.7 Å². The Labute approximate surface area is 137 Å². The van der Waals surface area contributed by atoms with Crippen LogP contribution in [0.2, 0.25) is 0 Å². The van der Waals surface area contributed by atoms with Crippen LogP contribution in [-0.4, -0.2) is 33.4 Å². The molecule has 0 spiro atoms. The molecule has 1 aromatic heterocycles. The molecule has 1 saturated carbocycles. The number of hydrogen-bond acceptors (Lipinski definition) is 2. The third-order valence-corrected chi connectivity index (χ3v) is 5.47. The van der Waals surface area contributed by atoms with Crippen molar-refractivity contribution in [1.29, 1.82) is 0 Å². The van der Waals surface area contributed by atoms with Crippen molar-refractivity contribution in [1.82, 2.24) is 14.5 Å². The minimum atomic E-state index is -0.241. The van der Waals surface area contributed by atoms with Gasteiger partial charge in [0.25, 0.3) is 0 Å². The Bertz CT molecular complexity index is 711. The number of hydrogen-bond donors (Lipinski definition) is 0. The van der Waals surface area contributed by atoms with E-state index in [1.54, 1.807) is 0 Å². The minimum absolute atomic E-state index is 0.241. The van der Waals surface area contributed by atoms with E-state index >= 15 is 0 Å². The van der Waals surface area contributed by atoms with Gasteiger partial charge in [0.05, 0.1) is 11.5 Å². The monoisotopic (exact) mass is 309 g/mol. The third kappa shape index (κ3) is 2.28. The fourth-order valence-electron chi connectivity index (χ4n) is 4.07. The summed E-state index contributed by atoms with van der Waals surface area (Å²) in [6.45, 7) is 5.81. The van der Waals surface area contributed by atoms with Gasteiger partial charge in [-0.3, -0.25) is 4.79 Å². The summed E-state index contributed by atoms with van der Waals surface area (Å²) in [7, 11) is 0. The number of carbonyl (C=O) groups is 1. The van der Waals surface area contributed by atoms with E-state index in [-0.39, 0.29) is 5.41 Å². The Balaban J connectivity index is 1.53. The highest BCUT2D eigenvalue weighted by Crippen LogP contribution is 2.50. The predicted molar refractivity (Wildman–Crippen MR) is 89.3 cm³/mol.